The third kappa shape index (κ3) is 5.44. The predicted octanol–water partition coefficient (Wildman–Crippen LogP) is 4.29. The number of nitrogens with one attached hydrogen (secondary N) is 1. The average molecular weight is 498 g/mol. The number of thiophene rings is 1. The summed E-state index contributed by atoms with van der Waals surface area (Å²) in [5.74, 6) is -0.262. The van der Waals surface area contributed by atoms with Gasteiger partial charge in [-0.25, -0.2) is 9.78 Å². The molecule has 0 aliphatic heterocycles. The lowest BCUT2D eigenvalue weighted by molar-refractivity contribution is -0.116. The summed E-state index contributed by atoms with van der Waals surface area (Å²) in [6.07, 6.45) is 1.30. The molecular weight excluding hydrogens is 478 g/mol. The Labute approximate surface area is 203 Å². The fourth-order valence-corrected chi connectivity index (χ4v) is 4.39. The zero-order valence-electron chi connectivity index (χ0n) is 18.1. The summed E-state index contributed by atoms with van der Waals surface area (Å²) in [6, 6.07) is 15.8. The highest BCUT2D eigenvalue weighted by Gasteiger charge is 2.21. The van der Waals surface area contributed by atoms with Crippen LogP contribution in [-0.4, -0.2) is 34.6 Å². The molecule has 10 heteroatoms. The van der Waals surface area contributed by atoms with E-state index in [0.29, 0.717) is 37.1 Å². The number of aryl methyl sites for hydroxylation is 1. The van der Waals surface area contributed by atoms with Crippen molar-refractivity contribution in [3.63, 3.8) is 0 Å². The number of hydrogen-bond donors (Lipinski definition) is 1. The van der Waals surface area contributed by atoms with E-state index in [1.54, 1.807) is 31.2 Å². The molecule has 0 unspecified atom stereocenters. The maximum absolute atomic E-state index is 13.0. The number of benzene rings is 2. The molecule has 8 nitrogen and oxygen atoms in total. The van der Waals surface area contributed by atoms with Crippen LogP contribution in [0.3, 0.4) is 0 Å². The number of nitrogens with zero attached hydrogens (tertiary/aromatic N) is 2. The van der Waals surface area contributed by atoms with Crippen LogP contribution < -0.4 is 15.6 Å². The second-order valence-electron chi connectivity index (χ2n) is 7.27. The first-order valence-corrected chi connectivity index (χ1v) is 11.5. The minimum Gasteiger partial charge on any atom is -0.490 e. The molecule has 4 aromatic rings. The van der Waals surface area contributed by atoms with Crippen LogP contribution in [0.15, 0.2) is 65.7 Å². The number of hydrogen-bond acceptors (Lipinski definition) is 7. The summed E-state index contributed by atoms with van der Waals surface area (Å²) < 4.78 is 12.0. The van der Waals surface area contributed by atoms with Crippen molar-refractivity contribution in [2.75, 3.05) is 18.5 Å². The van der Waals surface area contributed by atoms with Crippen LogP contribution in [0.5, 0.6) is 5.75 Å². The molecule has 1 amide bonds. The molecule has 0 aliphatic rings. The van der Waals surface area contributed by atoms with Crippen LogP contribution in [0.25, 0.3) is 10.2 Å². The van der Waals surface area contributed by atoms with E-state index in [4.69, 9.17) is 21.1 Å². The fourth-order valence-electron chi connectivity index (χ4n) is 3.23. The number of para-hydroxylation sites is 1. The van der Waals surface area contributed by atoms with Gasteiger partial charge in [-0.15, -0.1) is 11.3 Å². The third-order valence-corrected chi connectivity index (χ3v) is 6.30. The molecule has 2 aromatic carbocycles. The van der Waals surface area contributed by atoms with Crippen molar-refractivity contribution >= 4 is 50.7 Å². The standard InChI is InChI=1S/C24H20ClN3O5S/c1-15-20-22(34-21(15)24(31)33-12-11-32-18-5-3-2-4-6-18)26-14-28(23(20)30)13-19(29)27-17-9-7-16(25)8-10-17/h2-10,14H,11-13H2,1H3,(H,27,29). The van der Waals surface area contributed by atoms with Crippen LogP contribution in [0, 0.1) is 6.92 Å². The molecule has 2 aromatic heterocycles. The Kier molecular flexibility index (Phi) is 7.24. The number of esters is 1. The van der Waals surface area contributed by atoms with Crippen LogP contribution in [-0.2, 0) is 16.1 Å². The second-order valence-corrected chi connectivity index (χ2v) is 8.70. The first kappa shape index (κ1) is 23.5. The van der Waals surface area contributed by atoms with E-state index in [-0.39, 0.29) is 19.8 Å². The van der Waals surface area contributed by atoms with Gasteiger partial charge in [0.25, 0.3) is 5.56 Å². The summed E-state index contributed by atoms with van der Waals surface area (Å²) in [7, 11) is 0. The van der Waals surface area contributed by atoms with Gasteiger partial charge in [-0.1, -0.05) is 29.8 Å². The van der Waals surface area contributed by atoms with E-state index in [0.717, 1.165) is 11.3 Å². The summed E-state index contributed by atoms with van der Waals surface area (Å²) >= 11 is 6.93. The molecule has 0 atom stereocenters. The summed E-state index contributed by atoms with van der Waals surface area (Å²) in [5, 5.41) is 3.54. The normalized spacial score (nSPS) is 10.8. The smallest absolute Gasteiger partial charge is 0.348 e. The van der Waals surface area contributed by atoms with E-state index in [1.807, 2.05) is 30.3 Å². The number of halogens is 1. The van der Waals surface area contributed by atoms with Gasteiger partial charge in [-0.3, -0.25) is 14.2 Å². The lowest BCUT2D eigenvalue weighted by atomic mass is 10.2. The molecule has 2 heterocycles. The van der Waals surface area contributed by atoms with Gasteiger partial charge in [0.15, 0.2) is 0 Å². The van der Waals surface area contributed by atoms with Crippen molar-refractivity contribution < 1.29 is 19.1 Å². The highest BCUT2D eigenvalue weighted by molar-refractivity contribution is 7.20. The van der Waals surface area contributed by atoms with Crippen LogP contribution in [0.1, 0.15) is 15.2 Å². The van der Waals surface area contributed by atoms with E-state index >= 15 is 0 Å². The molecule has 4 rings (SSSR count). The molecule has 34 heavy (non-hydrogen) atoms. The Balaban J connectivity index is 1.42. The van der Waals surface area contributed by atoms with Gasteiger partial charge in [0.2, 0.25) is 5.91 Å². The lowest BCUT2D eigenvalue weighted by Crippen LogP contribution is -2.27. The Morgan fingerprint density at radius 3 is 2.56 bits per heavy atom. The van der Waals surface area contributed by atoms with Crippen LogP contribution in [0.2, 0.25) is 5.02 Å². The molecule has 0 radical (unpaired) electrons. The van der Waals surface area contributed by atoms with Gasteiger partial charge >= 0.3 is 5.97 Å². The summed E-state index contributed by atoms with van der Waals surface area (Å²) in [4.78, 5) is 42.9. The van der Waals surface area contributed by atoms with Gasteiger partial charge in [-0.05, 0) is 48.9 Å². The van der Waals surface area contributed by atoms with Gasteiger partial charge in [0, 0.05) is 10.7 Å². The van der Waals surface area contributed by atoms with Crippen LogP contribution >= 0.6 is 22.9 Å². The van der Waals surface area contributed by atoms with Gasteiger partial charge in [-0.2, -0.15) is 0 Å². The van der Waals surface area contributed by atoms with E-state index in [1.165, 1.54) is 10.9 Å². The number of fused-ring (bicyclic) bond motifs is 1. The number of rotatable bonds is 8. The summed E-state index contributed by atoms with van der Waals surface area (Å²) in [5.41, 5.74) is 0.625. The summed E-state index contributed by atoms with van der Waals surface area (Å²) in [6.45, 7) is 1.70. The number of carbonyl (C=O) groups excluding carboxylic acids is 2. The predicted molar refractivity (Wildman–Crippen MR) is 131 cm³/mol. The monoisotopic (exact) mass is 497 g/mol. The van der Waals surface area contributed by atoms with E-state index in [2.05, 4.69) is 10.3 Å². The van der Waals surface area contributed by atoms with Gasteiger partial charge in [0.1, 0.15) is 35.2 Å². The van der Waals surface area contributed by atoms with Gasteiger partial charge < -0.3 is 14.8 Å². The van der Waals surface area contributed by atoms with Crippen molar-refractivity contribution in [1.29, 1.82) is 0 Å². The van der Waals surface area contributed by atoms with Crippen molar-refractivity contribution in [3.05, 3.63) is 86.7 Å². The van der Waals surface area contributed by atoms with Gasteiger partial charge in [0.05, 0.1) is 11.7 Å². The minimum absolute atomic E-state index is 0.0595. The molecule has 0 aliphatic carbocycles. The highest BCUT2D eigenvalue weighted by atomic mass is 35.5. The number of amides is 1. The molecule has 174 valence electrons. The zero-order valence-corrected chi connectivity index (χ0v) is 19.7. The first-order chi connectivity index (χ1) is 16.4. The Hall–Kier alpha value is -3.69. The highest BCUT2D eigenvalue weighted by Crippen LogP contribution is 2.27. The molecule has 0 spiro atoms. The molecule has 0 saturated carbocycles. The average Bonchev–Trinajstić information content (AvgIpc) is 3.18. The van der Waals surface area contributed by atoms with Crippen molar-refractivity contribution in [1.82, 2.24) is 9.55 Å². The van der Waals surface area contributed by atoms with Crippen LogP contribution in [0.4, 0.5) is 5.69 Å². The Morgan fingerprint density at radius 2 is 1.82 bits per heavy atom. The maximum atomic E-state index is 13.0. The second kappa shape index (κ2) is 10.5. The molecule has 0 saturated heterocycles. The fraction of sp³-hybridized carbons (Fsp3) is 0.167. The Morgan fingerprint density at radius 1 is 1.09 bits per heavy atom. The largest absolute Gasteiger partial charge is 0.490 e. The number of carbonyl (C=O) groups is 2. The van der Waals surface area contributed by atoms with E-state index < -0.39 is 17.4 Å². The minimum atomic E-state index is -0.552. The number of aromatic nitrogens is 2. The number of ether oxygens (including phenoxy) is 2. The molecule has 1 N–H and O–H groups in total. The topological polar surface area (TPSA) is 99.5 Å². The Bertz CT molecular complexity index is 1380. The quantitative estimate of drug-likeness (QED) is 0.288. The molecular formula is C24H20ClN3O5S. The SMILES string of the molecule is Cc1c(C(=O)OCCOc2ccccc2)sc2ncn(CC(=O)Nc3ccc(Cl)cc3)c(=O)c12. The van der Waals surface area contributed by atoms with E-state index in [9.17, 15) is 14.4 Å². The van der Waals surface area contributed by atoms with Crippen molar-refractivity contribution in [2.45, 2.75) is 13.5 Å². The first-order valence-electron chi connectivity index (χ1n) is 10.3. The molecule has 0 fully saturated rings. The van der Waals surface area contributed by atoms with Crippen molar-refractivity contribution in [2.24, 2.45) is 0 Å². The zero-order chi connectivity index (χ0) is 24.1. The number of anilines is 1. The molecule has 0 bridgehead atoms. The maximum Gasteiger partial charge on any atom is 0.348 e. The lowest BCUT2D eigenvalue weighted by Gasteiger charge is -2.07. The van der Waals surface area contributed by atoms with Crippen molar-refractivity contribution in [3.8, 4) is 5.75 Å². The third-order valence-electron chi connectivity index (χ3n) is 4.87.